The zero-order valence-electron chi connectivity index (χ0n) is 9.70. The van der Waals surface area contributed by atoms with Crippen molar-refractivity contribution >= 4 is 12.4 Å². The van der Waals surface area contributed by atoms with E-state index in [4.69, 9.17) is 15.2 Å². The van der Waals surface area contributed by atoms with Gasteiger partial charge in [0.1, 0.15) is 5.82 Å². The minimum atomic E-state index is -0.676. The molecule has 0 amide bonds. The molecule has 0 fully saturated rings. The van der Waals surface area contributed by atoms with E-state index in [2.05, 4.69) is 0 Å². The lowest BCUT2D eigenvalue weighted by atomic mass is 10.0. The van der Waals surface area contributed by atoms with Crippen LogP contribution in [-0.4, -0.2) is 20.9 Å². The molecule has 1 atom stereocenters. The number of rotatable bonds is 5. The molecule has 17 heavy (non-hydrogen) atoms. The van der Waals surface area contributed by atoms with Crippen molar-refractivity contribution in [2.45, 2.75) is 12.5 Å². The van der Waals surface area contributed by atoms with Crippen LogP contribution in [0, 0.1) is 5.82 Å². The highest BCUT2D eigenvalue weighted by Gasteiger charge is 2.16. The maximum absolute atomic E-state index is 13.6. The van der Waals surface area contributed by atoms with Gasteiger partial charge in [-0.25, -0.2) is 4.39 Å². The van der Waals surface area contributed by atoms with Crippen molar-refractivity contribution in [3.63, 3.8) is 0 Å². The van der Waals surface area contributed by atoms with Gasteiger partial charge in [-0.2, -0.15) is 0 Å². The van der Waals surface area contributed by atoms with E-state index in [-0.39, 0.29) is 30.1 Å². The predicted molar refractivity (Wildman–Crippen MR) is 64.3 cm³/mol. The summed E-state index contributed by atoms with van der Waals surface area (Å²) in [7, 11) is 2.86. The Balaban J connectivity index is 0.00000256. The van der Waals surface area contributed by atoms with Crippen molar-refractivity contribution in [1.82, 2.24) is 0 Å². The summed E-state index contributed by atoms with van der Waals surface area (Å²) in [5, 5.41) is 0. The van der Waals surface area contributed by atoms with Gasteiger partial charge >= 0.3 is 0 Å². The number of halogens is 3. The Hall–Kier alpha value is -1.07. The lowest BCUT2D eigenvalue weighted by Crippen LogP contribution is -2.13. The molecule has 0 radical (unpaired) electrons. The number of hydrogen-bond donors (Lipinski definition) is 1. The molecule has 0 bridgehead atoms. The summed E-state index contributed by atoms with van der Waals surface area (Å²) < 4.78 is 35.7. The first-order chi connectivity index (χ1) is 7.63. The average molecular weight is 268 g/mol. The summed E-state index contributed by atoms with van der Waals surface area (Å²) in [6.07, 6.45) is 0.0758. The topological polar surface area (TPSA) is 44.5 Å². The smallest absolute Gasteiger partial charge is 0.163 e. The first-order valence-electron chi connectivity index (χ1n) is 4.87. The Kier molecular flexibility index (Phi) is 6.83. The molecule has 0 unspecified atom stereocenters. The lowest BCUT2D eigenvalue weighted by Gasteiger charge is -2.14. The van der Waals surface area contributed by atoms with Gasteiger partial charge in [0.15, 0.2) is 11.5 Å². The van der Waals surface area contributed by atoms with E-state index < -0.39 is 18.5 Å². The van der Waals surface area contributed by atoms with Gasteiger partial charge in [0.05, 0.1) is 20.9 Å². The number of alkyl halides is 1. The average Bonchev–Trinajstić information content (AvgIpc) is 2.28. The van der Waals surface area contributed by atoms with Crippen LogP contribution in [-0.2, 0) is 0 Å². The monoisotopic (exact) mass is 267 g/mol. The minimum absolute atomic E-state index is 0. The zero-order valence-corrected chi connectivity index (χ0v) is 10.5. The Morgan fingerprint density at radius 2 is 1.76 bits per heavy atom. The highest BCUT2D eigenvalue weighted by molar-refractivity contribution is 5.85. The van der Waals surface area contributed by atoms with E-state index in [1.165, 1.54) is 26.4 Å². The molecule has 0 heterocycles. The van der Waals surface area contributed by atoms with Gasteiger partial charge in [0.2, 0.25) is 0 Å². The van der Waals surface area contributed by atoms with Crippen molar-refractivity contribution in [3.05, 3.63) is 23.5 Å². The van der Waals surface area contributed by atoms with Gasteiger partial charge in [0.25, 0.3) is 0 Å². The van der Waals surface area contributed by atoms with E-state index in [0.29, 0.717) is 5.75 Å². The molecule has 2 N–H and O–H groups in total. The van der Waals surface area contributed by atoms with Gasteiger partial charge < -0.3 is 15.2 Å². The first kappa shape index (κ1) is 15.9. The van der Waals surface area contributed by atoms with E-state index in [1.807, 2.05) is 0 Å². The molecule has 98 valence electrons. The zero-order chi connectivity index (χ0) is 12.1. The fourth-order valence-electron chi connectivity index (χ4n) is 1.43. The van der Waals surface area contributed by atoms with Crippen LogP contribution in [0.5, 0.6) is 11.5 Å². The Bertz CT molecular complexity index is 364. The highest BCUT2D eigenvalue weighted by atomic mass is 35.5. The largest absolute Gasteiger partial charge is 0.493 e. The summed E-state index contributed by atoms with van der Waals surface area (Å²) >= 11 is 0. The second-order valence-electron chi connectivity index (χ2n) is 3.31. The van der Waals surface area contributed by atoms with E-state index in [1.54, 1.807) is 0 Å². The predicted octanol–water partition coefficient (Wildman–Crippen LogP) is 2.62. The molecule has 1 aromatic rings. The standard InChI is InChI=1S/C11H15F2NO2.ClH/c1-15-10-5-7(9(14)3-4-12)8(13)6-11(10)16-2;/h5-6,9H,3-4,14H2,1-2H3;1H/t9-;/m1./s1. The molecule has 0 spiro atoms. The van der Waals surface area contributed by atoms with Crippen LogP contribution < -0.4 is 15.2 Å². The third-order valence-electron chi connectivity index (χ3n) is 2.32. The third-order valence-corrected chi connectivity index (χ3v) is 2.32. The number of benzene rings is 1. The Labute approximate surface area is 105 Å². The van der Waals surface area contributed by atoms with Gasteiger partial charge in [0, 0.05) is 17.7 Å². The molecule has 0 aliphatic rings. The third kappa shape index (κ3) is 3.71. The van der Waals surface area contributed by atoms with Crippen molar-refractivity contribution in [2.75, 3.05) is 20.9 Å². The number of nitrogens with two attached hydrogens (primary N) is 1. The quantitative estimate of drug-likeness (QED) is 0.892. The number of hydrogen-bond acceptors (Lipinski definition) is 3. The Morgan fingerprint density at radius 1 is 1.24 bits per heavy atom. The SMILES string of the molecule is COc1cc(F)c([C@H](N)CCF)cc1OC.Cl. The maximum Gasteiger partial charge on any atom is 0.163 e. The number of ether oxygens (including phenoxy) is 2. The van der Waals surface area contributed by atoms with Gasteiger partial charge in [-0.05, 0) is 12.5 Å². The maximum atomic E-state index is 13.6. The molecule has 0 aliphatic heterocycles. The summed E-state index contributed by atoms with van der Waals surface area (Å²) in [6.45, 7) is -0.588. The second-order valence-corrected chi connectivity index (χ2v) is 3.31. The van der Waals surface area contributed by atoms with Crippen LogP contribution in [0.25, 0.3) is 0 Å². The molecule has 6 heteroatoms. The number of methoxy groups -OCH3 is 2. The van der Waals surface area contributed by atoms with E-state index in [0.717, 1.165) is 0 Å². The van der Waals surface area contributed by atoms with Crippen LogP contribution in [0.4, 0.5) is 8.78 Å². The van der Waals surface area contributed by atoms with Crippen LogP contribution in [0.2, 0.25) is 0 Å². The van der Waals surface area contributed by atoms with E-state index in [9.17, 15) is 8.78 Å². The first-order valence-corrected chi connectivity index (χ1v) is 4.87. The summed E-state index contributed by atoms with van der Waals surface area (Å²) in [5.41, 5.74) is 5.88. The van der Waals surface area contributed by atoms with Gasteiger partial charge in [-0.3, -0.25) is 4.39 Å². The molecule has 0 saturated carbocycles. The minimum Gasteiger partial charge on any atom is -0.493 e. The van der Waals surface area contributed by atoms with Crippen LogP contribution in [0.15, 0.2) is 12.1 Å². The van der Waals surface area contributed by atoms with E-state index >= 15 is 0 Å². The fraction of sp³-hybridized carbons (Fsp3) is 0.455. The van der Waals surface area contributed by atoms with Crippen molar-refractivity contribution in [1.29, 1.82) is 0 Å². The highest BCUT2D eigenvalue weighted by Crippen LogP contribution is 2.32. The molecule has 1 rings (SSSR count). The van der Waals surface area contributed by atoms with Gasteiger partial charge in [-0.1, -0.05) is 0 Å². The molecule has 3 nitrogen and oxygen atoms in total. The van der Waals surface area contributed by atoms with Crippen molar-refractivity contribution in [3.8, 4) is 11.5 Å². The molecular formula is C11H16ClF2NO2. The fourth-order valence-corrected chi connectivity index (χ4v) is 1.43. The lowest BCUT2D eigenvalue weighted by molar-refractivity contribution is 0.350. The molecule has 0 saturated heterocycles. The second kappa shape index (κ2) is 7.29. The van der Waals surface area contributed by atoms with Crippen molar-refractivity contribution < 1.29 is 18.3 Å². The van der Waals surface area contributed by atoms with Crippen molar-refractivity contribution in [2.24, 2.45) is 5.73 Å². The van der Waals surface area contributed by atoms with Gasteiger partial charge in [-0.15, -0.1) is 12.4 Å². The normalized spacial score (nSPS) is 11.6. The van der Waals surface area contributed by atoms with Crippen LogP contribution in [0.3, 0.4) is 0 Å². The molecular weight excluding hydrogens is 252 g/mol. The summed E-state index contributed by atoms with van der Waals surface area (Å²) in [4.78, 5) is 0. The van der Waals surface area contributed by atoms with Crippen LogP contribution >= 0.6 is 12.4 Å². The summed E-state index contributed by atoms with van der Waals surface area (Å²) in [6, 6.07) is 1.95. The summed E-state index contributed by atoms with van der Waals surface area (Å²) in [5.74, 6) is 0.156. The molecule has 0 aromatic heterocycles. The van der Waals surface area contributed by atoms with Crippen LogP contribution in [0.1, 0.15) is 18.0 Å². The molecule has 0 aliphatic carbocycles. The Morgan fingerprint density at radius 3 is 2.24 bits per heavy atom. The molecule has 1 aromatic carbocycles.